The highest BCUT2D eigenvalue weighted by Crippen LogP contribution is 2.20. The van der Waals surface area contributed by atoms with E-state index < -0.39 is 0 Å². The van der Waals surface area contributed by atoms with Gasteiger partial charge in [0.25, 0.3) is 0 Å². The molecule has 0 fully saturated rings. The maximum absolute atomic E-state index is 5.45. The third kappa shape index (κ3) is 4.66. The van der Waals surface area contributed by atoms with E-state index in [2.05, 4.69) is 50.1 Å². The molecule has 1 atom stereocenters. The molecule has 0 bridgehead atoms. The van der Waals surface area contributed by atoms with Crippen molar-refractivity contribution in [3.8, 4) is 0 Å². The van der Waals surface area contributed by atoms with Gasteiger partial charge in [0.2, 0.25) is 0 Å². The lowest BCUT2D eigenvalue weighted by atomic mass is 10.0. The van der Waals surface area contributed by atoms with E-state index >= 15 is 0 Å². The van der Waals surface area contributed by atoms with Crippen molar-refractivity contribution in [1.29, 1.82) is 0 Å². The van der Waals surface area contributed by atoms with Crippen LogP contribution in [0.15, 0.2) is 28.7 Å². The lowest BCUT2D eigenvalue weighted by Gasteiger charge is -2.14. The van der Waals surface area contributed by atoms with Crippen molar-refractivity contribution in [2.24, 2.45) is 5.92 Å². The van der Waals surface area contributed by atoms with Gasteiger partial charge in [-0.25, -0.2) is 0 Å². The number of hydrogen-bond acceptors (Lipinski definition) is 1. The Morgan fingerprint density at radius 1 is 1.33 bits per heavy atom. The second-order valence-electron chi connectivity index (χ2n) is 3.48. The first-order valence-corrected chi connectivity index (χ1v) is 7.06. The van der Waals surface area contributed by atoms with E-state index in [4.69, 9.17) is 4.74 Å². The zero-order chi connectivity index (χ0) is 11.1. The summed E-state index contributed by atoms with van der Waals surface area (Å²) in [6.45, 7) is 3.65. The monoisotopic (exact) mass is 334 g/mol. The molecule has 0 saturated carbocycles. The summed E-state index contributed by atoms with van der Waals surface area (Å²) < 4.78 is 6.64. The first kappa shape index (κ1) is 13.2. The van der Waals surface area contributed by atoms with Crippen LogP contribution in [0.2, 0.25) is 0 Å². The molecule has 0 amide bonds. The Bertz CT molecular complexity index is 289. The molecule has 1 aromatic rings. The highest BCUT2D eigenvalue weighted by atomic mass is 79.9. The van der Waals surface area contributed by atoms with Crippen LogP contribution in [0.1, 0.15) is 12.5 Å². The molecule has 1 aromatic carbocycles. The van der Waals surface area contributed by atoms with Crippen LogP contribution in [0, 0.1) is 5.92 Å². The van der Waals surface area contributed by atoms with Crippen molar-refractivity contribution in [3.63, 3.8) is 0 Å². The summed E-state index contributed by atoms with van der Waals surface area (Å²) in [6, 6.07) is 8.36. The van der Waals surface area contributed by atoms with Gasteiger partial charge in [-0.1, -0.05) is 50.1 Å². The van der Waals surface area contributed by atoms with Crippen LogP contribution in [-0.2, 0) is 11.2 Å². The predicted molar refractivity (Wildman–Crippen MR) is 71.6 cm³/mol. The van der Waals surface area contributed by atoms with Gasteiger partial charge >= 0.3 is 0 Å². The molecule has 0 aromatic heterocycles. The first-order valence-electron chi connectivity index (χ1n) is 5.15. The molecule has 1 unspecified atom stereocenters. The minimum atomic E-state index is 0.545. The first-order chi connectivity index (χ1) is 7.27. The Labute approximate surface area is 108 Å². The Kier molecular flexibility index (Phi) is 6.53. The van der Waals surface area contributed by atoms with E-state index in [1.807, 2.05) is 13.0 Å². The molecular formula is C12H16Br2O. The molecule has 3 heteroatoms. The fourth-order valence-corrected chi connectivity index (χ4v) is 2.28. The molecule has 0 heterocycles. The van der Waals surface area contributed by atoms with Crippen LogP contribution < -0.4 is 0 Å². The fourth-order valence-electron chi connectivity index (χ4n) is 1.42. The highest BCUT2D eigenvalue weighted by molar-refractivity contribution is 9.10. The van der Waals surface area contributed by atoms with Crippen LogP contribution in [0.25, 0.3) is 0 Å². The van der Waals surface area contributed by atoms with Crippen molar-refractivity contribution in [2.75, 3.05) is 18.5 Å². The van der Waals surface area contributed by atoms with E-state index in [-0.39, 0.29) is 0 Å². The molecular weight excluding hydrogens is 320 g/mol. The maximum Gasteiger partial charge on any atom is 0.0505 e. The average Bonchev–Trinajstić information content (AvgIpc) is 2.26. The molecule has 0 saturated heterocycles. The molecule has 0 spiro atoms. The van der Waals surface area contributed by atoms with E-state index in [1.165, 1.54) is 10.0 Å². The Morgan fingerprint density at radius 2 is 2.07 bits per heavy atom. The number of rotatable bonds is 6. The van der Waals surface area contributed by atoms with Gasteiger partial charge in [0.15, 0.2) is 0 Å². The van der Waals surface area contributed by atoms with E-state index in [1.54, 1.807) is 0 Å². The molecule has 0 aliphatic rings. The molecule has 84 valence electrons. The Hall–Kier alpha value is 0.140. The van der Waals surface area contributed by atoms with Gasteiger partial charge in [0, 0.05) is 16.4 Å². The van der Waals surface area contributed by atoms with Crippen LogP contribution in [0.4, 0.5) is 0 Å². The van der Waals surface area contributed by atoms with Crippen LogP contribution >= 0.6 is 31.9 Å². The second-order valence-corrected chi connectivity index (χ2v) is 4.98. The van der Waals surface area contributed by atoms with Gasteiger partial charge in [-0.05, 0) is 30.9 Å². The van der Waals surface area contributed by atoms with E-state index in [0.717, 1.165) is 25.0 Å². The van der Waals surface area contributed by atoms with Crippen LogP contribution in [0.5, 0.6) is 0 Å². The van der Waals surface area contributed by atoms with Gasteiger partial charge in [-0.3, -0.25) is 0 Å². The van der Waals surface area contributed by atoms with Crippen molar-refractivity contribution in [3.05, 3.63) is 34.3 Å². The molecule has 0 aliphatic heterocycles. The molecule has 1 rings (SSSR count). The Balaban J connectivity index is 2.54. The van der Waals surface area contributed by atoms with E-state index in [0.29, 0.717) is 5.92 Å². The average molecular weight is 336 g/mol. The third-order valence-electron chi connectivity index (χ3n) is 2.24. The SMILES string of the molecule is CCOCC(CBr)Cc1ccccc1Br. The van der Waals surface area contributed by atoms with Crippen molar-refractivity contribution in [1.82, 2.24) is 0 Å². The third-order valence-corrected chi connectivity index (χ3v) is 3.93. The number of alkyl halides is 1. The van der Waals surface area contributed by atoms with Crippen molar-refractivity contribution in [2.45, 2.75) is 13.3 Å². The van der Waals surface area contributed by atoms with Gasteiger partial charge in [0.1, 0.15) is 0 Å². The summed E-state index contributed by atoms with van der Waals surface area (Å²) in [5, 5.41) is 0.980. The summed E-state index contributed by atoms with van der Waals surface area (Å²) in [5.74, 6) is 0.545. The molecule has 0 N–H and O–H groups in total. The topological polar surface area (TPSA) is 9.23 Å². The maximum atomic E-state index is 5.45. The van der Waals surface area contributed by atoms with Gasteiger partial charge in [0.05, 0.1) is 6.61 Å². The predicted octanol–water partition coefficient (Wildman–Crippen LogP) is 4.04. The zero-order valence-corrected chi connectivity index (χ0v) is 12.1. The van der Waals surface area contributed by atoms with E-state index in [9.17, 15) is 0 Å². The minimum Gasteiger partial charge on any atom is -0.381 e. The molecule has 0 aliphatic carbocycles. The zero-order valence-electron chi connectivity index (χ0n) is 8.88. The van der Waals surface area contributed by atoms with Gasteiger partial charge < -0.3 is 4.74 Å². The normalized spacial score (nSPS) is 12.7. The highest BCUT2D eigenvalue weighted by Gasteiger charge is 2.10. The largest absolute Gasteiger partial charge is 0.381 e. The second kappa shape index (κ2) is 7.42. The standard InChI is InChI=1S/C12H16Br2O/c1-2-15-9-10(8-13)7-11-5-3-4-6-12(11)14/h3-6,10H,2,7-9H2,1H3. The molecule has 15 heavy (non-hydrogen) atoms. The van der Waals surface area contributed by atoms with Crippen LogP contribution in [0.3, 0.4) is 0 Å². The molecule has 1 nitrogen and oxygen atoms in total. The summed E-state index contributed by atoms with van der Waals surface area (Å²) in [4.78, 5) is 0. The number of halogens is 2. The van der Waals surface area contributed by atoms with Crippen molar-refractivity contribution < 1.29 is 4.74 Å². The van der Waals surface area contributed by atoms with Gasteiger partial charge in [-0.2, -0.15) is 0 Å². The lowest BCUT2D eigenvalue weighted by molar-refractivity contribution is 0.118. The summed E-state index contributed by atoms with van der Waals surface area (Å²) in [5.41, 5.74) is 1.35. The van der Waals surface area contributed by atoms with Gasteiger partial charge in [-0.15, -0.1) is 0 Å². The summed E-state index contributed by atoms with van der Waals surface area (Å²) in [6.07, 6.45) is 1.05. The minimum absolute atomic E-state index is 0.545. The smallest absolute Gasteiger partial charge is 0.0505 e. The molecule has 0 radical (unpaired) electrons. The lowest BCUT2D eigenvalue weighted by Crippen LogP contribution is -2.14. The summed E-state index contributed by atoms with van der Waals surface area (Å²) in [7, 11) is 0. The number of hydrogen-bond donors (Lipinski definition) is 0. The Morgan fingerprint density at radius 3 is 2.67 bits per heavy atom. The summed E-state index contributed by atoms with van der Waals surface area (Å²) >= 11 is 7.10. The fraction of sp³-hybridized carbons (Fsp3) is 0.500. The quantitative estimate of drug-likeness (QED) is 0.713. The number of benzene rings is 1. The van der Waals surface area contributed by atoms with Crippen molar-refractivity contribution >= 4 is 31.9 Å². The number of ether oxygens (including phenoxy) is 1. The van der Waals surface area contributed by atoms with Crippen LogP contribution in [-0.4, -0.2) is 18.5 Å².